The number of H-pyrrole nitrogens is 1. The van der Waals surface area contributed by atoms with Crippen LogP contribution in [0, 0.1) is 11.8 Å². The molecule has 0 aromatic carbocycles. The van der Waals surface area contributed by atoms with Gasteiger partial charge in [-0.25, -0.2) is 9.50 Å². The van der Waals surface area contributed by atoms with E-state index in [1.54, 1.807) is 0 Å². The third-order valence-electron chi connectivity index (χ3n) is 6.30. The van der Waals surface area contributed by atoms with Crippen molar-refractivity contribution in [2.24, 2.45) is 11.8 Å². The predicted molar refractivity (Wildman–Crippen MR) is 92.3 cm³/mol. The highest BCUT2D eigenvalue weighted by atomic mass is 16.1. The second-order valence-corrected chi connectivity index (χ2v) is 7.74. The molecule has 0 spiro atoms. The van der Waals surface area contributed by atoms with E-state index in [1.807, 2.05) is 4.52 Å². The van der Waals surface area contributed by atoms with Gasteiger partial charge in [0.1, 0.15) is 11.6 Å². The fourth-order valence-electron chi connectivity index (χ4n) is 5.06. The Morgan fingerprint density at radius 1 is 1.25 bits per heavy atom. The summed E-state index contributed by atoms with van der Waals surface area (Å²) in [6.07, 6.45) is 12.6. The molecule has 3 unspecified atom stereocenters. The van der Waals surface area contributed by atoms with Crippen LogP contribution in [0.4, 0.5) is 0 Å². The minimum absolute atomic E-state index is 0.0128. The summed E-state index contributed by atoms with van der Waals surface area (Å²) < 4.78 is 1.91. The van der Waals surface area contributed by atoms with Crippen molar-refractivity contribution < 1.29 is 0 Å². The molecule has 126 valence electrons. The molecule has 24 heavy (non-hydrogen) atoms. The molecule has 3 aliphatic carbocycles. The fourth-order valence-corrected chi connectivity index (χ4v) is 5.06. The molecule has 0 saturated heterocycles. The maximum Gasteiger partial charge on any atom is 0.277 e. The van der Waals surface area contributed by atoms with E-state index in [1.165, 1.54) is 19.3 Å². The fraction of sp³-hybridized carbons (Fsp3) is 0.632. The van der Waals surface area contributed by atoms with Crippen LogP contribution in [0.5, 0.6) is 0 Å². The van der Waals surface area contributed by atoms with Gasteiger partial charge in [0.15, 0.2) is 5.52 Å². The number of fused-ring (bicyclic) bond motifs is 3. The lowest BCUT2D eigenvalue weighted by atomic mass is 9.93. The highest BCUT2D eigenvalue weighted by molar-refractivity contribution is 5.51. The monoisotopic (exact) mass is 324 g/mol. The molecule has 3 aliphatic rings. The van der Waals surface area contributed by atoms with Crippen LogP contribution >= 0.6 is 0 Å². The van der Waals surface area contributed by atoms with E-state index in [0.29, 0.717) is 29.2 Å². The zero-order chi connectivity index (χ0) is 16.3. The predicted octanol–water partition coefficient (Wildman–Crippen LogP) is 3.32. The number of nitrogens with zero attached hydrogens (tertiary/aromatic N) is 3. The average molecular weight is 324 g/mol. The summed E-state index contributed by atoms with van der Waals surface area (Å²) in [5.41, 5.74) is 1.55. The summed E-state index contributed by atoms with van der Waals surface area (Å²) >= 11 is 0. The van der Waals surface area contributed by atoms with Gasteiger partial charge in [-0.2, -0.15) is 5.10 Å². The number of rotatable bonds is 3. The van der Waals surface area contributed by atoms with Gasteiger partial charge in [0.05, 0.1) is 5.69 Å². The zero-order valence-electron chi connectivity index (χ0n) is 14.2. The molecule has 2 aromatic rings. The molecule has 5 rings (SSSR count). The van der Waals surface area contributed by atoms with Crippen LogP contribution in [-0.2, 0) is 6.42 Å². The lowest BCUT2D eigenvalue weighted by Gasteiger charge is -2.17. The second-order valence-electron chi connectivity index (χ2n) is 7.74. The van der Waals surface area contributed by atoms with Gasteiger partial charge in [0.25, 0.3) is 5.56 Å². The summed E-state index contributed by atoms with van der Waals surface area (Å²) in [6.45, 7) is 2.07. The maximum atomic E-state index is 12.8. The second kappa shape index (κ2) is 5.30. The summed E-state index contributed by atoms with van der Waals surface area (Å²) in [5, 5.41) is 4.89. The molecule has 2 fully saturated rings. The Hall–Kier alpha value is -1.91. The van der Waals surface area contributed by atoms with Crippen molar-refractivity contribution in [2.75, 3.05) is 0 Å². The van der Waals surface area contributed by atoms with E-state index in [9.17, 15) is 4.79 Å². The van der Waals surface area contributed by atoms with Crippen molar-refractivity contribution in [2.45, 2.75) is 63.7 Å². The van der Waals surface area contributed by atoms with Crippen LogP contribution in [0.15, 0.2) is 16.9 Å². The van der Waals surface area contributed by atoms with E-state index in [-0.39, 0.29) is 5.56 Å². The lowest BCUT2D eigenvalue weighted by Crippen LogP contribution is -2.20. The van der Waals surface area contributed by atoms with Gasteiger partial charge in [0.2, 0.25) is 0 Å². The van der Waals surface area contributed by atoms with Crippen molar-refractivity contribution in [1.82, 2.24) is 19.6 Å². The molecular formula is C19H24N4O. The highest BCUT2D eigenvalue weighted by Crippen LogP contribution is 2.48. The standard InChI is InChI=1S/C19H24N4O/c1-2-15-16-19(24)21-17(12-5-3-4-6-12)22-23(16)18(20-15)14-10-11-7-8-13(14)9-11/h7-8,11-14H,2-6,9-10H2,1H3,(H,21,22,24). The third kappa shape index (κ3) is 2.03. The van der Waals surface area contributed by atoms with Gasteiger partial charge >= 0.3 is 0 Å². The zero-order valence-corrected chi connectivity index (χ0v) is 14.2. The molecule has 5 heteroatoms. The molecule has 5 nitrogen and oxygen atoms in total. The number of allylic oxidation sites excluding steroid dienone is 2. The first-order valence-electron chi connectivity index (χ1n) is 9.44. The van der Waals surface area contributed by atoms with Gasteiger partial charge < -0.3 is 4.98 Å². The first kappa shape index (κ1) is 14.4. The molecule has 2 bridgehead atoms. The van der Waals surface area contributed by atoms with Crippen molar-refractivity contribution in [1.29, 1.82) is 0 Å². The van der Waals surface area contributed by atoms with Crippen LogP contribution < -0.4 is 5.56 Å². The Kier molecular flexibility index (Phi) is 3.19. The number of hydrogen-bond acceptors (Lipinski definition) is 3. The lowest BCUT2D eigenvalue weighted by molar-refractivity contribution is 0.530. The van der Waals surface area contributed by atoms with E-state index in [0.717, 1.165) is 43.0 Å². The number of imidazole rings is 1. The molecule has 0 aliphatic heterocycles. The minimum atomic E-state index is -0.0128. The normalized spacial score (nSPS) is 29.3. The first-order chi connectivity index (χ1) is 11.7. The van der Waals surface area contributed by atoms with Gasteiger partial charge in [-0.15, -0.1) is 0 Å². The Balaban J connectivity index is 1.68. The molecule has 0 radical (unpaired) electrons. The van der Waals surface area contributed by atoms with E-state index in [2.05, 4.69) is 24.1 Å². The van der Waals surface area contributed by atoms with Gasteiger partial charge in [-0.05, 0) is 43.9 Å². The number of aromatic nitrogens is 4. The number of aryl methyl sites for hydroxylation is 1. The number of aromatic amines is 1. The summed E-state index contributed by atoms with van der Waals surface area (Å²) in [5.74, 6) is 3.96. The highest BCUT2D eigenvalue weighted by Gasteiger charge is 2.39. The van der Waals surface area contributed by atoms with Crippen molar-refractivity contribution in [3.8, 4) is 0 Å². The molecule has 3 atom stereocenters. The van der Waals surface area contributed by atoms with Crippen LogP contribution in [0.25, 0.3) is 5.52 Å². The maximum absolute atomic E-state index is 12.8. The van der Waals surface area contributed by atoms with Gasteiger partial charge in [-0.3, -0.25) is 4.79 Å². The largest absolute Gasteiger partial charge is 0.307 e. The van der Waals surface area contributed by atoms with Crippen LogP contribution in [-0.4, -0.2) is 19.6 Å². The number of nitrogens with one attached hydrogen (secondary N) is 1. The van der Waals surface area contributed by atoms with Crippen LogP contribution in [0.2, 0.25) is 0 Å². The molecule has 0 amide bonds. The van der Waals surface area contributed by atoms with Gasteiger partial charge in [0, 0.05) is 11.8 Å². The Morgan fingerprint density at radius 3 is 2.75 bits per heavy atom. The Labute approximate surface area is 141 Å². The summed E-state index contributed by atoms with van der Waals surface area (Å²) in [7, 11) is 0. The average Bonchev–Trinajstić information content (AvgIpc) is 3.35. The smallest absolute Gasteiger partial charge is 0.277 e. The molecular weight excluding hydrogens is 300 g/mol. The van der Waals surface area contributed by atoms with Crippen LogP contribution in [0.3, 0.4) is 0 Å². The Morgan fingerprint density at radius 2 is 2.08 bits per heavy atom. The molecule has 1 N–H and O–H groups in total. The van der Waals surface area contributed by atoms with Crippen molar-refractivity contribution in [3.05, 3.63) is 39.8 Å². The number of hydrogen-bond donors (Lipinski definition) is 1. The van der Waals surface area contributed by atoms with E-state index >= 15 is 0 Å². The van der Waals surface area contributed by atoms with Gasteiger partial charge in [-0.1, -0.05) is 31.9 Å². The Bertz CT molecular complexity index is 871. The van der Waals surface area contributed by atoms with E-state index < -0.39 is 0 Å². The molecule has 2 saturated carbocycles. The SMILES string of the molecule is CCc1nc(C2CC3C=CC2C3)n2nc(C3CCCC3)[nH]c(=O)c12. The molecule has 2 heterocycles. The minimum Gasteiger partial charge on any atom is -0.307 e. The van der Waals surface area contributed by atoms with E-state index in [4.69, 9.17) is 10.1 Å². The van der Waals surface area contributed by atoms with Crippen LogP contribution in [0.1, 0.15) is 74.6 Å². The summed E-state index contributed by atoms with van der Waals surface area (Å²) in [6, 6.07) is 0. The molecule has 2 aromatic heterocycles. The topological polar surface area (TPSA) is 63.1 Å². The van der Waals surface area contributed by atoms with Crippen molar-refractivity contribution >= 4 is 5.52 Å². The quantitative estimate of drug-likeness (QED) is 0.881. The third-order valence-corrected chi connectivity index (χ3v) is 6.30. The van der Waals surface area contributed by atoms with Crippen molar-refractivity contribution in [3.63, 3.8) is 0 Å². The first-order valence-corrected chi connectivity index (χ1v) is 9.44. The summed E-state index contributed by atoms with van der Waals surface area (Å²) in [4.78, 5) is 20.7.